The summed E-state index contributed by atoms with van der Waals surface area (Å²) in [6.07, 6.45) is 1.79. The SMILES string of the molecule is Cc1cccc(/C=C2\SC(=S)N(c3ccc(CC(=O)O)cc3)C2=O)c1. The minimum absolute atomic E-state index is 0.0497. The van der Waals surface area contributed by atoms with Crippen LogP contribution in [0.4, 0.5) is 5.69 Å². The number of hydrogen-bond donors (Lipinski definition) is 1. The second-order valence-corrected chi connectivity index (χ2v) is 7.34. The molecule has 4 nitrogen and oxygen atoms in total. The summed E-state index contributed by atoms with van der Waals surface area (Å²) < 4.78 is 0.467. The lowest BCUT2D eigenvalue weighted by Gasteiger charge is -2.14. The van der Waals surface area contributed by atoms with Crippen LogP contribution in [-0.2, 0) is 16.0 Å². The monoisotopic (exact) mass is 369 g/mol. The molecule has 25 heavy (non-hydrogen) atoms. The lowest BCUT2D eigenvalue weighted by molar-refractivity contribution is -0.136. The molecule has 0 radical (unpaired) electrons. The third kappa shape index (κ3) is 3.97. The molecule has 1 amide bonds. The Labute approximate surface area is 155 Å². The Morgan fingerprint density at radius 1 is 1.24 bits per heavy atom. The van der Waals surface area contributed by atoms with Crippen LogP contribution in [0.5, 0.6) is 0 Å². The van der Waals surface area contributed by atoms with Crippen LogP contribution in [0.2, 0.25) is 0 Å². The molecule has 1 aliphatic rings. The Morgan fingerprint density at radius 3 is 2.60 bits per heavy atom. The van der Waals surface area contributed by atoms with Gasteiger partial charge in [0, 0.05) is 0 Å². The Bertz CT molecular complexity index is 888. The number of carbonyl (C=O) groups excluding carboxylic acids is 1. The highest BCUT2D eigenvalue weighted by molar-refractivity contribution is 8.27. The Morgan fingerprint density at radius 2 is 1.96 bits per heavy atom. The molecular weight excluding hydrogens is 354 g/mol. The molecular formula is C19H15NO3S2. The van der Waals surface area contributed by atoms with Crippen LogP contribution in [0.3, 0.4) is 0 Å². The van der Waals surface area contributed by atoms with Gasteiger partial charge in [-0.05, 0) is 36.3 Å². The fourth-order valence-corrected chi connectivity index (χ4v) is 3.84. The Hall–Kier alpha value is -2.44. The summed E-state index contributed by atoms with van der Waals surface area (Å²) >= 11 is 6.62. The molecule has 1 heterocycles. The van der Waals surface area contributed by atoms with Crippen LogP contribution < -0.4 is 4.90 Å². The predicted molar refractivity (Wildman–Crippen MR) is 105 cm³/mol. The summed E-state index contributed by atoms with van der Waals surface area (Å²) in [7, 11) is 0. The van der Waals surface area contributed by atoms with E-state index in [-0.39, 0.29) is 12.3 Å². The Kier molecular flexibility index (Phi) is 5.01. The number of carbonyl (C=O) groups is 2. The molecule has 0 spiro atoms. The van der Waals surface area contributed by atoms with Gasteiger partial charge in [0.25, 0.3) is 5.91 Å². The lowest BCUT2D eigenvalue weighted by atomic mass is 10.1. The van der Waals surface area contributed by atoms with E-state index in [2.05, 4.69) is 0 Å². The number of aliphatic carboxylic acids is 1. The minimum atomic E-state index is -0.889. The molecule has 1 N–H and O–H groups in total. The van der Waals surface area contributed by atoms with E-state index in [1.54, 1.807) is 24.3 Å². The van der Waals surface area contributed by atoms with Gasteiger partial charge in [0.15, 0.2) is 4.32 Å². The first kappa shape index (κ1) is 17.4. The number of benzene rings is 2. The highest BCUT2D eigenvalue weighted by Gasteiger charge is 2.33. The van der Waals surface area contributed by atoms with Gasteiger partial charge in [-0.2, -0.15) is 0 Å². The molecule has 1 fully saturated rings. The molecule has 0 aliphatic carbocycles. The van der Waals surface area contributed by atoms with Crippen molar-refractivity contribution in [2.45, 2.75) is 13.3 Å². The number of thiocarbonyl (C=S) groups is 1. The van der Waals surface area contributed by atoms with Crippen molar-refractivity contribution in [1.82, 2.24) is 0 Å². The molecule has 1 saturated heterocycles. The van der Waals surface area contributed by atoms with E-state index in [0.29, 0.717) is 20.5 Å². The third-order valence-corrected chi connectivity index (χ3v) is 4.99. The number of hydrogen-bond acceptors (Lipinski definition) is 4. The molecule has 6 heteroatoms. The van der Waals surface area contributed by atoms with E-state index < -0.39 is 5.97 Å². The van der Waals surface area contributed by atoms with Crippen molar-refractivity contribution in [1.29, 1.82) is 0 Å². The van der Waals surface area contributed by atoms with Gasteiger partial charge in [-0.3, -0.25) is 14.5 Å². The molecule has 0 unspecified atom stereocenters. The van der Waals surface area contributed by atoms with E-state index in [1.165, 1.54) is 16.7 Å². The van der Waals surface area contributed by atoms with Gasteiger partial charge >= 0.3 is 5.97 Å². The summed E-state index contributed by atoms with van der Waals surface area (Å²) in [5.74, 6) is -1.05. The van der Waals surface area contributed by atoms with Crippen molar-refractivity contribution >= 4 is 51.9 Å². The van der Waals surface area contributed by atoms with Crippen molar-refractivity contribution < 1.29 is 14.7 Å². The molecule has 2 aromatic rings. The maximum atomic E-state index is 12.7. The number of aryl methyl sites for hydroxylation is 1. The van der Waals surface area contributed by atoms with Crippen LogP contribution >= 0.6 is 24.0 Å². The predicted octanol–water partition coefficient (Wildman–Crippen LogP) is 4.03. The zero-order valence-electron chi connectivity index (χ0n) is 13.4. The second-order valence-electron chi connectivity index (χ2n) is 5.67. The molecule has 2 aromatic carbocycles. The molecule has 3 rings (SSSR count). The van der Waals surface area contributed by atoms with Crippen molar-refractivity contribution in [2.24, 2.45) is 0 Å². The number of carboxylic acid groups (broad SMARTS) is 1. The number of nitrogens with zero attached hydrogens (tertiary/aromatic N) is 1. The number of anilines is 1. The largest absolute Gasteiger partial charge is 0.481 e. The summed E-state index contributed by atoms with van der Waals surface area (Å²) in [6, 6.07) is 14.7. The van der Waals surface area contributed by atoms with E-state index in [9.17, 15) is 9.59 Å². The van der Waals surface area contributed by atoms with Crippen LogP contribution in [0.15, 0.2) is 53.4 Å². The molecule has 0 saturated carbocycles. The fraction of sp³-hybridized carbons (Fsp3) is 0.105. The van der Waals surface area contributed by atoms with E-state index in [0.717, 1.165) is 11.1 Å². The highest BCUT2D eigenvalue weighted by atomic mass is 32.2. The Balaban J connectivity index is 1.85. The topological polar surface area (TPSA) is 57.6 Å². The van der Waals surface area contributed by atoms with Gasteiger partial charge in [-0.15, -0.1) is 0 Å². The smallest absolute Gasteiger partial charge is 0.307 e. The maximum absolute atomic E-state index is 12.7. The first-order valence-electron chi connectivity index (χ1n) is 7.59. The second kappa shape index (κ2) is 7.21. The van der Waals surface area contributed by atoms with Crippen LogP contribution in [0.1, 0.15) is 16.7 Å². The lowest BCUT2D eigenvalue weighted by Crippen LogP contribution is -2.27. The normalized spacial score (nSPS) is 15.9. The standard InChI is InChI=1S/C19H15NO3S2/c1-12-3-2-4-14(9-12)10-16-18(23)20(19(24)25-16)15-7-5-13(6-8-15)11-17(21)22/h2-10H,11H2,1H3,(H,21,22)/b16-10-. The quantitative estimate of drug-likeness (QED) is 0.651. The van der Waals surface area contributed by atoms with E-state index in [1.807, 2.05) is 37.3 Å². The number of rotatable bonds is 4. The molecule has 0 atom stereocenters. The van der Waals surface area contributed by atoms with Gasteiger partial charge in [0.05, 0.1) is 17.0 Å². The van der Waals surface area contributed by atoms with Gasteiger partial charge < -0.3 is 5.11 Å². The zero-order chi connectivity index (χ0) is 18.0. The number of carboxylic acids is 1. The molecule has 0 bridgehead atoms. The molecule has 126 valence electrons. The van der Waals surface area contributed by atoms with E-state index >= 15 is 0 Å². The van der Waals surface area contributed by atoms with E-state index in [4.69, 9.17) is 17.3 Å². The number of amides is 1. The van der Waals surface area contributed by atoms with Crippen molar-refractivity contribution in [2.75, 3.05) is 4.90 Å². The summed E-state index contributed by atoms with van der Waals surface area (Å²) in [5.41, 5.74) is 3.40. The van der Waals surface area contributed by atoms with Gasteiger partial charge in [-0.1, -0.05) is 65.9 Å². The van der Waals surface area contributed by atoms with Gasteiger partial charge in [-0.25, -0.2) is 0 Å². The first-order valence-corrected chi connectivity index (χ1v) is 8.82. The molecule has 1 aliphatic heterocycles. The average molecular weight is 369 g/mol. The number of thioether (sulfide) groups is 1. The van der Waals surface area contributed by atoms with Crippen LogP contribution in [0, 0.1) is 6.92 Å². The van der Waals surface area contributed by atoms with Gasteiger partial charge in [0.2, 0.25) is 0 Å². The van der Waals surface area contributed by atoms with Crippen LogP contribution in [0.25, 0.3) is 6.08 Å². The fourth-order valence-electron chi connectivity index (χ4n) is 2.54. The summed E-state index contributed by atoms with van der Waals surface area (Å²) in [4.78, 5) is 25.5. The molecule has 0 aromatic heterocycles. The minimum Gasteiger partial charge on any atom is -0.481 e. The van der Waals surface area contributed by atoms with Crippen molar-refractivity contribution in [3.8, 4) is 0 Å². The summed E-state index contributed by atoms with van der Waals surface area (Å²) in [6.45, 7) is 2.00. The zero-order valence-corrected chi connectivity index (χ0v) is 15.1. The first-order chi connectivity index (χ1) is 11.9. The third-order valence-electron chi connectivity index (χ3n) is 3.68. The average Bonchev–Trinajstić information content (AvgIpc) is 2.82. The van der Waals surface area contributed by atoms with Crippen molar-refractivity contribution in [3.63, 3.8) is 0 Å². The van der Waals surface area contributed by atoms with Crippen molar-refractivity contribution in [3.05, 3.63) is 70.1 Å². The highest BCUT2D eigenvalue weighted by Crippen LogP contribution is 2.36. The maximum Gasteiger partial charge on any atom is 0.307 e. The summed E-state index contributed by atoms with van der Waals surface area (Å²) in [5, 5.41) is 8.83. The van der Waals surface area contributed by atoms with Gasteiger partial charge in [0.1, 0.15) is 0 Å². The van der Waals surface area contributed by atoms with Crippen LogP contribution in [-0.4, -0.2) is 21.3 Å².